The highest BCUT2D eigenvalue weighted by Crippen LogP contribution is 2.11. The molecule has 320 valence electrons. The lowest BCUT2D eigenvalue weighted by atomic mass is 9.98. The van der Waals surface area contributed by atoms with Gasteiger partial charge in [0.15, 0.2) is 0 Å². The molecule has 0 aliphatic rings. The summed E-state index contributed by atoms with van der Waals surface area (Å²) < 4.78 is 0. The van der Waals surface area contributed by atoms with E-state index in [1.807, 2.05) is 0 Å². The summed E-state index contributed by atoms with van der Waals surface area (Å²) in [6, 6.07) is 8.30. The van der Waals surface area contributed by atoms with Gasteiger partial charge >= 0.3 is 23.9 Å². The van der Waals surface area contributed by atoms with Gasteiger partial charge in [-0.3, -0.25) is 14.4 Å². The second-order valence-corrected chi connectivity index (χ2v) is 14.3. The quantitative estimate of drug-likeness (QED) is 0.0491. The van der Waals surface area contributed by atoms with E-state index in [0.717, 1.165) is 32.1 Å². The zero-order valence-corrected chi connectivity index (χ0v) is 35.2. The minimum absolute atomic E-state index is 0.139. The Morgan fingerprint density at radius 2 is 0.815 bits per heavy atom. The number of aliphatic hydroxyl groups excluding tert-OH is 3. The fourth-order valence-electron chi connectivity index (χ4n) is 3.94. The van der Waals surface area contributed by atoms with E-state index < -0.39 is 35.4 Å². The number of carboxylic acid groups (broad SMARTS) is 4. The van der Waals surface area contributed by atoms with Crippen molar-refractivity contribution in [3.05, 3.63) is 35.9 Å². The Morgan fingerprint density at radius 3 is 1.02 bits per heavy atom. The molecule has 0 spiro atoms. The molecule has 1 unspecified atom stereocenters. The number of carbonyl (C=O) groups is 4. The van der Waals surface area contributed by atoms with Gasteiger partial charge in [0.1, 0.15) is 0 Å². The van der Waals surface area contributed by atoms with Gasteiger partial charge in [-0.25, -0.2) is 4.79 Å². The number of aliphatic hydroxyl groups is 3. The topological polar surface area (TPSA) is 210 Å². The Labute approximate surface area is 328 Å². The van der Waals surface area contributed by atoms with Crippen LogP contribution in [-0.4, -0.2) is 78.9 Å². The minimum Gasteiger partial charge on any atom is -0.481 e. The highest BCUT2D eigenvalue weighted by molar-refractivity contribution is 5.87. The largest absolute Gasteiger partial charge is 0.481 e. The zero-order chi connectivity index (χ0) is 42.5. The first-order valence-corrected chi connectivity index (χ1v) is 20.3. The van der Waals surface area contributed by atoms with Crippen LogP contribution in [0.25, 0.3) is 0 Å². The van der Waals surface area contributed by atoms with Crippen LogP contribution in [0.15, 0.2) is 30.3 Å². The fraction of sp³-hybridized carbons (Fsp3) is 0.767. The standard InChI is InChI=1S/C12H26O.2C8H16O2.C7H6O2.C5H10O2.C3H8O2/c1-2-3-4-5-6-7-8-9-10-11-12-13;2*1-2-3-4-5-6-7-8(9)10;8-7(9)6-4-2-1-3-5-6;1-5(2,3)4(6)7;1-3(5)2-4/h13H,2-12H2,1H3;2*2-7H2,1H3,(H,9,10);1-5H,(H,8,9);1-3H3,(H,6,7);3-5H,2H2,1H3. The third-order valence-corrected chi connectivity index (χ3v) is 7.43. The molecule has 0 amide bonds. The maximum atomic E-state index is 10.2. The van der Waals surface area contributed by atoms with Gasteiger partial charge in [0.05, 0.1) is 23.7 Å². The summed E-state index contributed by atoms with van der Waals surface area (Å²) in [6.45, 7) is 13.3. The molecule has 0 heterocycles. The third kappa shape index (κ3) is 67.1. The first kappa shape index (κ1) is 60.2. The van der Waals surface area contributed by atoms with E-state index in [2.05, 4.69) is 20.8 Å². The maximum absolute atomic E-state index is 10.2. The summed E-state index contributed by atoms with van der Waals surface area (Å²) in [6.07, 6.45) is 24.5. The molecule has 1 atom stereocenters. The molecule has 0 saturated carbocycles. The summed E-state index contributed by atoms with van der Waals surface area (Å²) in [5.74, 6) is -2.98. The average Bonchev–Trinajstić information content (AvgIpc) is 3.12. The van der Waals surface area contributed by atoms with Gasteiger partial charge in [-0.05, 0) is 59.1 Å². The molecule has 0 aromatic heterocycles. The van der Waals surface area contributed by atoms with E-state index in [0.29, 0.717) is 25.0 Å². The smallest absolute Gasteiger partial charge is 0.335 e. The van der Waals surface area contributed by atoms with Gasteiger partial charge in [0, 0.05) is 19.4 Å². The Kier molecular flexibility index (Phi) is 53.5. The lowest BCUT2D eigenvalue weighted by Gasteiger charge is -2.08. The van der Waals surface area contributed by atoms with Crippen LogP contribution in [0, 0.1) is 5.41 Å². The molecule has 0 saturated heterocycles. The maximum Gasteiger partial charge on any atom is 0.335 e. The Morgan fingerprint density at radius 1 is 0.537 bits per heavy atom. The molecular formula is C43H82O11. The van der Waals surface area contributed by atoms with Crippen LogP contribution in [0.4, 0.5) is 0 Å². The molecular weight excluding hydrogens is 692 g/mol. The van der Waals surface area contributed by atoms with Crippen molar-refractivity contribution in [3.63, 3.8) is 0 Å². The van der Waals surface area contributed by atoms with E-state index in [-0.39, 0.29) is 6.61 Å². The highest BCUT2D eigenvalue weighted by atomic mass is 16.4. The number of unbranched alkanes of at least 4 members (excludes halogenated alkanes) is 17. The normalized spacial score (nSPS) is 10.5. The van der Waals surface area contributed by atoms with Crippen LogP contribution in [0.1, 0.15) is 200 Å². The molecule has 1 rings (SSSR count). The van der Waals surface area contributed by atoms with E-state index >= 15 is 0 Å². The Balaban J connectivity index is -0.000000181. The lowest BCUT2D eigenvalue weighted by Crippen LogP contribution is -2.18. The number of benzene rings is 1. The van der Waals surface area contributed by atoms with E-state index in [9.17, 15) is 19.2 Å². The monoisotopic (exact) mass is 775 g/mol. The summed E-state index contributed by atoms with van der Waals surface area (Å²) in [5.41, 5.74) is -0.252. The summed E-state index contributed by atoms with van der Waals surface area (Å²) in [7, 11) is 0. The van der Waals surface area contributed by atoms with Crippen molar-refractivity contribution in [3.8, 4) is 0 Å². The second-order valence-electron chi connectivity index (χ2n) is 14.3. The molecule has 7 N–H and O–H groups in total. The molecule has 54 heavy (non-hydrogen) atoms. The second kappa shape index (κ2) is 48.0. The van der Waals surface area contributed by atoms with Crippen molar-refractivity contribution < 1.29 is 54.9 Å². The van der Waals surface area contributed by atoms with Crippen LogP contribution in [-0.2, 0) is 14.4 Å². The Hall–Kier alpha value is -3.02. The first-order valence-electron chi connectivity index (χ1n) is 20.3. The van der Waals surface area contributed by atoms with Crippen molar-refractivity contribution >= 4 is 23.9 Å². The number of rotatable bonds is 24. The van der Waals surface area contributed by atoms with Gasteiger partial charge in [-0.1, -0.05) is 148 Å². The molecule has 0 radical (unpaired) electrons. The van der Waals surface area contributed by atoms with Crippen LogP contribution in [0.3, 0.4) is 0 Å². The minimum atomic E-state index is -0.879. The summed E-state index contributed by atoms with van der Waals surface area (Å²) in [5, 5.41) is 57.7. The first-order chi connectivity index (χ1) is 25.5. The number of aromatic carboxylic acids is 1. The van der Waals surface area contributed by atoms with Gasteiger partial charge in [-0.15, -0.1) is 0 Å². The molecule has 11 heteroatoms. The molecule has 1 aromatic rings. The van der Waals surface area contributed by atoms with Crippen molar-refractivity contribution in [2.75, 3.05) is 13.2 Å². The van der Waals surface area contributed by atoms with Gasteiger partial charge < -0.3 is 35.7 Å². The molecule has 0 fully saturated rings. The van der Waals surface area contributed by atoms with Crippen LogP contribution >= 0.6 is 0 Å². The SMILES string of the molecule is CC(C)(C)C(=O)O.CC(O)CO.CCCCCCCC(=O)O.CCCCCCCC(=O)O.CCCCCCCCCCCCO.O=C(O)c1ccccc1. The molecule has 1 aromatic carbocycles. The number of carboxylic acids is 4. The van der Waals surface area contributed by atoms with E-state index in [1.165, 1.54) is 103 Å². The zero-order valence-electron chi connectivity index (χ0n) is 35.2. The number of hydrogen-bond acceptors (Lipinski definition) is 7. The molecule has 0 bridgehead atoms. The van der Waals surface area contributed by atoms with Crippen LogP contribution < -0.4 is 0 Å². The summed E-state index contributed by atoms with van der Waals surface area (Å²) >= 11 is 0. The van der Waals surface area contributed by atoms with Crippen molar-refractivity contribution in [1.82, 2.24) is 0 Å². The van der Waals surface area contributed by atoms with Crippen molar-refractivity contribution in [1.29, 1.82) is 0 Å². The van der Waals surface area contributed by atoms with Crippen molar-refractivity contribution in [2.45, 2.75) is 196 Å². The molecule has 0 aliphatic heterocycles. The summed E-state index contributed by atoms with van der Waals surface area (Å²) in [4.78, 5) is 40.3. The molecule has 0 aliphatic carbocycles. The predicted molar refractivity (Wildman–Crippen MR) is 220 cm³/mol. The van der Waals surface area contributed by atoms with Gasteiger partial charge in [0.2, 0.25) is 0 Å². The Bertz CT molecular complexity index is 895. The lowest BCUT2D eigenvalue weighted by molar-refractivity contribution is -0.146. The van der Waals surface area contributed by atoms with E-state index in [1.54, 1.807) is 51.1 Å². The van der Waals surface area contributed by atoms with Gasteiger partial charge in [-0.2, -0.15) is 0 Å². The number of aliphatic carboxylic acids is 3. The van der Waals surface area contributed by atoms with Crippen LogP contribution in [0.5, 0.6) is 0 Å². The van der Waals surface area contributed by atoms with Gasteiger partial charge in [0.25, 0.3) is 0 Å². The van der Waals surface area contributed by atoms with Crippen molar-refractivity contribution in [2.24, 2.45) is 5.41 Å². The predicted octanol–water partition coefficient (Wildman–Crippen LogP) is 10.6. The fourth-order valence-corrected chi connectivity index (χ4v) is 3.94. The molecule has 11 nitrogen and oxygen atoms in total. The highest BCUT2D eigenvalue weighted by Gasteiger charge is 2.18. The average molecular weight is 775 g/mol. The number of hydrogen-bond donors (Lipinski definition) is 7. The van der Waals surface area contributed by atoms with E-state index in [4.69, 9.17) is 35.7 Å². The van der Waals surface area contributed by atoms with Crippen LogP contribution in [0.2, 0.25) is 0 Å². The third-order valence-electron chi connectivity index (χ3n) is 7.43.